The summed E-state index contributed by atoms with van der Waals surface area (Å²) >= 11 is 0. The first-order valence-electron chi connectivity index (χ1n) is 10.1. The van der Waals surface area contributed by atoms with Crippen molar-refractivity contribution in [2.75, 3.05) is 6.54 Å². The van der Waals surface area contributed by atoms with E-state index in [4.69, 9.17) is 0 Å². The van der Waals surface area contributed by atoms with Gasteiger partial charge in [0.25, 0.3) is 0 Å². The predicted molar refractivity (Wildman–Crippen MR) is 114 cm³/mol. The lowest BCUT2D eigenvalue weighted by molar-refractivity contribution is 0.169. The van der Waals surface area contributed by atoms with Crippen molar-refractivity contribution in [1.29, 1.82) is 0 Å². The molecule has 1 N–H and O–H groups in total. The maximum absolute atomic E-state index is 3.76. The van der Waals surface area contributed by atoms with Crippen LogP contribution >= 0.6 is 0 Å². The molecule has 136 valence electrons. The SMILES string of the molecule is CC[C@@H]1c2[nH]c3ccc(C)cc3c2CCN1Cc1cccc2ccccc12. The molecule has 0 unspecified atom stereocenters. The van der Waals surface area contributed by atoms with Crippen molar-refractivity contribution in [2.24, 2.45) is 0 Å². The van der Waals surface area contributed by atoms with E-state index in [2.05, 4.69) is 84.4 Å². The van der Waals surface area contributed by atoms with Gasteiger partial charge in [-0.15, -0.1) is 0 Å². The van der Waals surface area contributed by atoms with Crippen LogP contribution in [0.4, 0.5) is 0 Å². The lowest BCUT2D eigenvalue weighted by Crippen LogP contribution is -2.34. The van der Waals surface area contributed by atoms with Crippen LogP contribution in [0, 0.1) is 6.92 Å². The summed E-state index contributed by atoms with van der Waals surface area (Å²) in [7, 11) is 0. The zero-order valence-corrected chi connectivity index (χ0v) is 16.1. The second kappa shape index (κ2) is 6.54. The number of H-pyrrole nitrogens is 1. The van der Waals surface area contributed by atoms with E-state index < -0.39 is 0 Å². The number of rotatable bonds is 3. The van der Waals surface area contributed by atoms with Crippen molar-refractivity contribution < 1.29 is 0 Å². The zero-order chi connectivity index (χ0) is 18.4. The molecule has 0 aliphatic carbocycles. The predicted octanol–water partition coefficient (Wildman–Crippen LogP) is 6.14. The van der Waals surface area contributed by atoms with Gasteiger partial charge in [0.2, 0.25) is 0 Å². The first kappa shape index (κ1) is 16.6. The van der Waals surface area contributed by atoms with E-state index in [0.29, 0.717) is 6.04 Å². The van der Waals surface area contributed by atoms with Crippen molar-refractivity contribution >= 4 is 21.7 Å². The summed E-state index contributed by atoms with van der Waals surface area (Å²) in [5, 5.41) is 4.14. The number of fused-ring (bicyclic) bond motifs is 4. The third-order valence-electron chi connectivity index (χ3n) is 6.16. The Bertz CT molecular complexity index is 1120. The molecule has 1 aromatic heterocycles. The van der Waals surface area contributed by atoms with Gasteiger partial charge < -0.3 is 4.98 Å². The van der Waals surface area contributed by atoms with Crippen LogP contribution in [0.1, 0.15) is 41.8 Å². The van der Waals surface area contributed by atoms with Gasteiger partial charge in [-0.2, -0.15) is 0 Å². The fourth-order valence-electron chi connectivity index (χ4n) is 4.83. The Labute approximate surface area is 160 Å². The van der Waals surface area contributed by atoms with Gasteiger partial charge in [-0.25, -0.2) is 0 Å². The summed E-state index contributed by atoms with van der Waals surface area (Å²) in [5.74, 6) is 0. The van der Waals surface area contributed by atoms with E-state index in [9.17, 15) is 0 Å². The van der Waals surface area contributed by atoms with Crippen molar-refractivity contribution in [3.8, 4) is 0 Å². The molecular formula is C25H26N2. The first-order chi connectivity index (χ1) is 13.2. The lowest BCUT2D eigenvalue weighted by atomic mass is 9.94. The van der Waals surface area contributed by atoms with Crippen molar-refractivity contribution in [3.05, 3.63) is 83.0 Å². The van der Waals surface area contributed by atoms with Gasteiger partial charge in [-0.05, 0) is 53.8 Å². The Morgan fingerprint density at radius 1 is 1.00 bits per heavy atom. The van der Waals surface area contributed by atoms with E-state index in [-0.39, 0.29) is 0 Å². The van der Waals surface area contributed by atoms with E-state index >= 15 is 0 Å². The lowest BCUT2D eigenvalue weighted by Gasteiger charge is -2.35. The maximum Gasteiger partial charge on any atom is 0.0502 e. The Hall–Kier alpha value is -2.58. The Balaban J connectivity index is 1.54. The van der Waals surface area contributed by atoms with Crippen molar-refractivity contribution in [1.82, 2.24) is 9.88 Å². The van der Waals surface area contributed by atoms with Crippen LogP contribution in [-0.4, -0.2) is 16.4 Å². The van der Waals surface area contributed by atoms with E-state index in [1.54, 1.807) is 0 Å². The third-order valence-corrected chi connectivity index (χ3v) is 6.16. The summed E-state index contributed by atoms with van der Waals surface area (Å²) < 4.78 is 0. The molecule has 4 aromatic rings. The van der Waals surface area contributed by atoms with Crippen molar-refractivity contribution in [2.45, 2.75) is 39.3 Å². The minimum atomic E-state index is 0.459. The molecule has 0 fully saturated rings. The highest BCUT2D eigenvalue weighted by Gasteiger charge is 2.29. The van der Waals surface area contributed by atoms with Gasteiger partial charge in [-0.3, -0.25) is 4.90 Å². The molecule has 2 heteroatoms. The molecule has 0 saturated carbocycles. The number of hydrogen-bond donors (Lipinski definition) is 1. The third kappa shape index (κ3) is 2.76. The maximum atomic E-state index is 3.76. The van der Waals surface area contributed by atoms with Gasteiger partial charge in [-0.1, -0.05) is 61.0 Å². The van der Waals surface area contributed by atoms with Crippen molar-refractivity contribution in [3.63, 3.8) is 0 Å². The second-order valence-electron chi connectivity index (χ2n) is 7.85. The molecule has 0 spiro atoms. The molecule has 5 rings (SSSR count). The fourth-order valence-corrected chi connectivity index (χ4v) is 4.83. The number of hydrogen-bond acceptors (Lipinski definition) is 1. The van der Waals surface area contributed by atoms with Crippen LogP contribution in [0.2, 0.25) is 0 Å². The molecule has 0 radical (unpaired) electrons. The topological polar surface area (TPSA) is 19.0 Å². The van der Waals surface area contributed by atoms with Crippen LogP contribution < -0.4 is 0 Å². The first-order valence-corrected chi connectivity index (χ1v) is 10.1. The fraction of sp³-hybridized carbons (Fsp3) is 0.280. The molecule has 0 amide bonds. The molecule has 1 aliphatic heterocycles. The number of aryl methyl sites for hydroxylation is 1. The second-order valence-corrected chi connectivity index (χ2v) is 7.85. The number of aromatic nitrogens is 1. The normalized spacial score (nSPS) is 17.5. The molecule has 2 heterocycles. The molecule has 0 bridgehead atoms. The summed E-state index contributed by atoms with van der Waals surface area (Å²) in [4.78, 5) is 6.41. The van der Waals surface area contributed by atoms with Gasteiger partial charge in [0.15, 0.2) is 0 Å². The summed E-state index contributed by atoms with van der Waals surface area (Å²) in [6.45, 7) is 6.63. The van der Waals surface area contributed by atoms with Crippen LogP contribution in [0.3, 0.4) is 0 Å². The molecule has 1 aliphatic rings. The smallest absolute Gasteiger partial charge is 0.0502 e. The molecular weight excluding hydrogens is 328 g/mol. The highest BCUT2D eigenvalue weighted by Crippen LogP contribution is 2.37. The highest BCUT2D eigenvalue weighted by molar-refractivity contribution is 5.86. The summed E-state index contributed by atoms with van der Waals surface area (Å²) in [6.07, 6.45) is 2.25. The minimum absolute atomic E-state index is 0.459. The van der Waals surface area contributed by atoms with Gasteiger partial charge in [0.05, 0.1) is 6.04 Å². The van der Waals surface area contributed by atoms with E-state index in [0.717, 1.165) is 25.9 Å². The Morgan fingerprint density at radius 2 is 1.85 bits per heavy atom. The standard InChI is InChI=1S/C25H26N2/c1-3-24-25-21(22-15-17(2)11-12-23(22)26-25)13-14-27(24)16-19-9-6-8-18-7-4-5-10-20(18)19/h4-12,15,24,26H,3,13-14,16H2,1-2H3/t24-/m1/s1. The average molecular weight is 354 g/mol. The monoisotopic (exact) mass is 354 g/mol. The number of nitrogens with one attached hydrogen (secondary N) is 1. The summed E-state index contributed by atoms with van der Waals surface area (Å²) in [5.41, 5.74) is 7.04. The summed E-state index contributed by atoms with van der Waals surface area (Å²) in [6, 6.07) is 22.7. The molecule has 27 heavy (non-hydrogen) atoms. The van der Waals surface area contributed by atoms with Gasteiger partial charge >= 0.3 is 0 Å². The average Bonchev–Trinajstić information content (AvgIpc) is 3.06. The largest absolute Gasteiger partial charge is 0.357 e. The van der Waals surface area contributed by atoms with E-state index in [1.807, 2.05) is 0 Å². The quantitative estimate of drug-likeness (QED) is 0.468. The Morgan fingerprint density at radius 3 is 2.74 bits per heavy atom. The molecule has 1 atom stereocenters. The van der Waals surface area contributed by atoms with Crippen LogP contribution in [0.15, 0.2) is 60.7 Å². The molecule has 2 nitrogen and oxygen atoms in total. The van der Waals surface area contributed by atoms with Crippen LogP contribution in [-0.2, 0) is 13.0 Å². The van der Waals surface area contributed by atoms with Crippen LogP contribution in [0.5, 0.6) is 0 Å². The zero-order valence-electron chi connectivity index (χ0n) is 16.1. The van der Waals surface area contributed by atoms with E-state index in [1.165, 1.54) is 44.1 Å². The van der Waals surface area contributed by atoms with Gasteiger partial charge in [0.1, 0.15) is 0 Å². The van der Waals surface area contributed by atoms with Gasteiger partial charge in [0, 0.05) is 29.7 Å². The molecule has 3 aromatic carbocycles. The highest BCUT2D eigenvalue weighted by atomic mass is 15.2. The Kier molecular flexibility index (Phi) is 4.02. The molecule has 0 saturated heterocycles. The number of aromatic amines is 1. The minimum Gasteiger partial charge on any atom is -0.357 e. The number of nitrogens with zero attached hydrogens (tertiary/aromatic N) is 1. The van der Waals surface area contributed by atoms with Crippen LogP contribution in [0.25, 0.3) is 21.7 Å². The number of benzene rings is 3.